The molecule has 1 amide bonds. The van der Waals surface area contributed by atoms with Gasteiger partial charge in [0, 0.05) is 13.1 Å². The molecule has 0 radical (unpaired) electrons. The van der Waals surface area contributed by atoms with Gasteiger partial charge in [0.15, 0.2) is 11.5 Å². The molecule has 0 spiro atoms. The maximum Gasteiger partial charge on any atom is 0.267 e. The Morgan fingerprint density at radius 2 is 2.05 bits per heavy atom. The first-order chi connectivity index (χ1) is 9.67. The molecule has 1 heterocycles. The van der Waals surface area contributed by atoms with Gasteiger partial charge in [0.05, 0.1) is 6.61 Å². The highest BCUT2D eigenvalue weighted by molar-refractivity contribution is 5.82. The molecule has 20 heavy (non-hydrogen) atoms. The fourth-order valence-corrected chi connectivity index (χ4v) is 2.14. The van der Waals surface area contributed by atoms with E-state index in [9.17, 15) is 4.79 Å². The molecule has 1 N–H and O–H groups in total. The predicted molar refractivity (Wildman–Crippen MR) is 74.8 cm³/mol. The van der Waals surface area contributed by atoms with Crippen LogP contribution in [0.1, 0.15) is 6.92 Å². The number of nitrogens with zero attached hydrogens (tertiary/aromatic N) is 1. The Kier molecular flexibility index (Phi) is 4.63. The molecule has 0 aliphatic carbocycles. The summed E-state index contributed by atoms with van der Waals surface area (Å²) in [5.41, 5.74) is 0. The second kappa shape index (κ2) is 6.43. The summed E-state index contributed by atoms with van der Waals surface area (Å²) < 4.78 is 11.5. The van der Waals surface area contributed by atoms with Crippen LogP contribution < -0.4 is 9.47 Å². The summed E-state index contributed by atoms with van der Waals surface area (Å²) in [4.78, 5) is 14.0. The number of hydrogen-bond donors (Lipinski definition) is 1. The number of rotatable bonds is 5. The fraction of sp³-hybridized carbons (Fsp3) is 0.400. The monoisotopic (exact) mass is 277 g/mol. The summed E-state index contributed by atoms with van der Waals surface area (Å²) in [5.74, 6) is 0.994. The molecular weight excluding hydrogens is 258 g/mol. The second-order valence-corrected chi connectivity index (χ2v) is 4.60. The predicted octanol–water partition coefficient (Wildman–Crippen LogP) is 1.22. The molecule has 1 aromatic rings. The average molecular weight is 277 g/mol. The van der Waals surface area contributed by atoms with E-state index >= 15 is 0 Å². The topological polar surface area (TPSA) is 59.0 Å². The minimum atomic E-state index is -0.712. The molecule has 1 aromatic carbocycles. The summed E-state index contributed by atoms with van der Waals surface area (Å²) in [6.45, 7) is 5.93. The van der Waals surface area contributed by atoms with Gasteiger partial charge in [0.1, 0.15) is 6.10 Å². The lowest BCUT2D eigenvalue weighted by molar-refractivity contribution is -0.144. The van der Waals surface area contributed by atoms with Crippen molar-refractivity contribution in [3.05, 3.63) is 36.9 Å². The fourth-order valence-electron chi connectivity index (χ4n) is 2.14. The SMILES string of the molecule is C=CCN(CCO)C(=O)C1Oc2ccccc2OC1C. The van der Waals surface area contributed by atoms with Crippen LogP contribution in [-0.2, 0) is 4.79 Å². The zero-order chi connectivity index (χ0) is 14.5. The Morgan fingerprint density at radius 1 is 1.40 bits per heavy atom. The number of amides is 1. The summed E-state index contributed by atoms with van der Waals surface area (Å²) in [5, 5.41) is 9.03. The van der Waals surface area contributed by atoms with Crippen molar-refractivity contribution in [2.75, 3.05) is 19.7 Å². The van der Waals surface area contributed by atoms with Crippen LogP contribution in [0, 0.1) is 0 Å². The van der Waals surface area contributed by atoms with Crippen molar-refractivity contribution >= 4 is 5.91 Å². The molecule has 0 aromatic heterocycles. The van der Waals surface area contributed by atoms with E-state index in [0.717, 1.165) is 0 Å². The Bertz CT molecular complexity index is 489. The normalized spacial score (nSPS) is 20.3. The van der Waals surface area contributed by atoms with E-state index in [2.05, 4.69) is 6.58 Å². The van der Waals surface area contributed by atoms with Crippen LogP contribution in [0.5, 0.6) is 11.5 Å². The Hall–Kier alpha value is -2.01. The highest BCUT2D eigenvalue weighted by atomic mass is 16.6. The molecule has 1 aliphatic heterocycles. The second-order valence-electron chi connectivity index (χ2n) is 4.60. The largest absolute Gasteiger partial charge is 0.482 e. The van der Waals surface area contributed by atoms with Crippen LogP contribution in [0.2, 0.25) is 0 Å². The lowest BCUT2D eigenvalue weighted by Gasteiger charge is -2.34. The molecule has 0 saturated carbocycles. The molecule has 0 saturated heterocycles. The van der Waals surface area contributed by atoms with Gasteiger partial charge in [-0.15, -0.1) is 6.58 Å². The van der Waals surface area contributed by atoms with Crippen molar-refractivity contribution in [1.29, 1.82) is 0 Å². The number of aliphatic hydroxyl groups excluding tert-OH is 1. The molecule has 0 fully saturated rings. The molecule has 0 bridgehead atoms. The van der Waals surface area contributed by atoms with Gasteiger partial charge in [-0.05, 0) is 19.1 Å². The molecule has 2 rings (SSSR count). The highest BCUT2D eigenvalue weighted by Crippen LogP contribution is 2.33. The number of fused-ring (bicyclic) bond motifs is 1. The number of carbonyl (C=O) groups excluding carboxylic acids is 1. The van der Waals surface area contributed by atoms with Gasteiger partial charge >= 0.3 is 0 Å². The first-order valence-corrected chi connectivity index (χ1v) is 6.60. The van der Waals surface area contributed by atoms with E-state index in [0.29, 0.717) is 18.0 Å². The Balaban J connectivity index is 2.16. The standard InChI is InChI=1S/C15H19NO4/c1-3-8-16(9-10-17)15(18)14-11(2)19-12-6-4-5-7-13(12)20-14/h3-7,11,14,17H,1,8-10H2,2H3. The van der Waals surface area contributed by atoms with Crippen LogP contribution >= 0.6 is 0 Å². The minimum absolute atomic E-state index is 0.0991. The molecule has 1 aliphatic rings. The van der Waals surface area contributed by atoms with Crippen molar-refractivity contribution in [1.82, 2.24) is 4.90 Å². The maximum absolute atomic E-state index is 12.5. The zero-order valence-corrected chi connectivity index (χ0v) is 11.5. The van der Waals surface area contributed by atoms with E-state index in [1.807, 2.05) is 18.2 Å². The van der Waals surface area contributed by atoms with E-state index in [1.54, 1.807) is 19.1 Å². The number of aliphatic hydroxyl groups is 1. The quantitative estimate of drug-likeness (QED) is 0.822. The van der Waals surface area contributed by atoms with Crippen LogP contribution in [0.4, 0.5) is 0 Å². The Labute approximate surface area is 118 Å². The lowest BCUT2D eigenvalue weighted by Crippen LogP contribution is -2.51. The van der Waals surface area contributed by atoms with Gasteiger partial charge < -0.3 is 19.5 Å². The average Bonchev–Trinajstić information content (AvgIpc) is 2.45. The third-order valence-corrected chi connectivity index (χ3v) is 3.12. The summed E-state index contributed by atoms with van der Waals surface area (Å²) >= 11 is 0. The lowest BCUT2D eigenvalue weighted by atomic mass is 10.1. The Morgan fingerprint density at radius 3 is 2.65 bits per heavy atom. The molecule has 108 valence electrons. The highest BCUT2D eigenvalue weighted by Gasteiger charge is 2.36. The van der Waals surface area contributed by atoms with Crippen LogP contribution in [-0.4, -0.2) is 47.8 Å². The third-order valence-electron chi connectivity index (χ3n) is 3.12. The van der Waals surface area contributed by atoms with Crippen LogP contribution in [0.3, 0.4) is 0 Å². The summed E-state index contributed by atoms with van der Waals surface area (Å²) in [7, 11) is 0. The van der Waals surface area contributed by atoms with Crippen molar-refractivity contribution in [3.63, 3.8) is 0 Å². The first kappa shape index (κ1) is 14.4. The molecule has 5 heteroatoms. The molecule has 2 unspecified atom stereocenters. The number of carbonyl (C=O) groups is 1. The van der Waals surface area contributed by atoms with Crippen molar-refractivity contribution < 1.29 is 19.4 Å². The molecule has 2 atom stereocenters. The summed E-state index contributed by atoms with van der Waals surface area (Å²) in [6, 6.07) is 7.26. The zero-order valence-electron chi connectivity index (χ0n) is 11.5. The minimum Gasteiger partial charge on any atom is -0.482 e. The van der Waals surface area contributed by atoms with E-state index in [-0.39, 0.29) is 25.2 Å². The van der Waals surface area contributed by atoms with Gasteiger partial charge in [0.25, 0.3) is 5.91 Å². The number of para-hydroxylation sites is 2. The van der Waals surface area contributed by atoms with Crippen molar-refractivity contribution in [2.45, 2.75) is 19.1 Å². The van der Waals surface area contributed by atoms with Gasteiger partial charge in [-0.3, -0.25) is 4.79 Å². The molecule has 5 nitrogen and oxygen atoms in total. The first-order valence-electron chi connectivity index (χ1n) is 6.60. The van der Waals surface area contributed by atoms with Gasteiger partial charge in [0.2, 0.25) is 6.10 Å². The van der Waals surface area contributed by atoms with Crippen molar-refractivity contribution in [2.24, 2.45) is 0 Å². The summed E-state index contributed by atoms with van der Waals surface area (Å²) in [6.07, 6.45) is 0.523. The van der Waals surface area contributed by atoms with Crippen molar-refractivity contribution in [3.8, 4) is 11.5 Å². The van der Waals surface area contributed by atoms with Crippen LogP contribution in [0.25, 0.3) is 0 Å². The number of benzene rings is 1. The van der Waals surface area contributed by atoms with E-state index < -0.39 is 6.10 Å². The maximum atomic E-state index is 12.5. The third kappa shape index (κ3) is 2.93. The van der Waals surface area contributed by atoms with Gasteiger partial charge in [-0.2, -0.15) is 0 Å². The van der Waals surface area contributed by atoms with E-state index in [1.165, 1.54) is 4.90 Å². The van der Waals surface area contributed by atoms with Gasteiger partial charge in [-0.25, -0.2) is 0 Å². The van der Waals surface area contributed by atoms with Gasteiger partial charge in [-0.1, -0.05) is 18.2 Å². The smallest absolute Gasteiger partial charge is 0.267 e. The number of ether oxygens (including phenoxy) is 2. The van der Waals surface area contributed by atoms with E-state index in [4.69, 9.17) is 14.6 Å². The molecular formula is C15H19NO4. The van der Waals surface area contributed by atoms with Crippen LogP contribution in [0.15, 0.2) is 36.9 Å². The number of hydrogen-bond acceptors (Lipinski definition) is 4.